The lowest BCUT2D eigenvalue weighted by Crippen LogP contribution is -2.34. The van der Waals surface area contributed by atoms with Gasteiger partial charge >= 0.3 is 0 Å². The second-order valence-corrected chi connectivity index (χ2v) is 7.41. The lowest BCUT2D eigenvalue weighted by atomic mass is 10.3. The molecule has 1 atom stereocenters. The van der Waals surface area contributed by atoms with E-state index in [9.17, 15) is 8.42 Å². The van der Waals surface area contributed by atoms with Crippen molar-refractivity contribution in [3.8, 4) is 0 Å². The van der Waals surface area contributed by atoms with Gasteiger partial charge in [0.05, 0.1) is 0 Å². The number of sulfonamides is 1. The molecule has 1 aromatic heterocycles. The van der Waals surface area contributed by atoms with Crippen molar-refractivity contribution in [2.45, 2.75) is 37.6 Å². The Hall–Kier alpha value is -0.660. The first-order chi connectivity index (χ1) is 8.96. The number of anilines is 1. The van der Waals surface area contributed by atoms with E-state index in [0.717, 1.165) is 12.8 Å². The van der Waals surface area contributed by atoms with Crippen LogP contribution in [0.5, 0.6) is 0 Å². The van der Waals surface area contributed by atoms with Crippen molar-refractivity contribution in [2.24, 2.45) is 0 Å². The summed E-state index contributed by atoms with van der Waals surface area (Å²) in [6.45, 7) is 5.08. The minimum Gasteiger partial charge on any atom is -0.369 e. The first-order valence-corrected chi connectivity index (χ1v) is 8.61. The second-order valence-electron chi connectivity index (χ2n) is 4.64. The molecule has 2 heterocycles. The summed E-state index contributed by atoms with van der Waals surface area (Å²) in [6, 6.07) is 1.67. The molecule has 0 amide bonds. The van der Waals surface area contributed by atoms with Crippen LogP contribution in [0.25, 0.3) is 0 Å². The van der Waals surface area contributed by atoms with Gasteiger partial charge in [-0.25, -0.2) is 13.4 Å². The topological polar surface area (TPSA) is 62.3 Å². The fraction of sp³-hybridized carbons (Fsp3) is 0.583. The summed E-state index contributed by atoms with van der Waals surface area (Å²) in [7, 11) is -3.48. The molecule has 1 unspecified atom stereocenters. The van der Waals surface area contributed by atoms with Gasteiger partial charge in [-0.1, -0.05) is 0 Å². The molecular formula is C12H18BrN3O2S. The fourth-order valence-corrected chi connectivity index (χ4v) is 4.64. The summed E-state index contributed by atoms with van der Waals surface area (Å²) >= 11 is 3.29. The SMILES string of the molecule is CCNc1ncc(Br)cc1S(=O)(=O)N1CCCC1C. The van der Waals surface area contributed by atoms with Crippen molar-refractivity contribution in [1.82, 2.24) is 9.29 Å². The van der Waals surface area contributed by atoms with Crippen LogP contribution in [-0.2, 0) is 10.0 Å². The molecule has 7 heteroatoms. The van der Waals surface area contributed by atoms with Gasteiger partial charge < -0.3 is 5.32 Å². The average molecular weight is 348 g/mol. The number of nitrogens with one attached hydrogen (secondary N) is 1. The smallest absolute Gasteiger partial charge is 0.247 e. The van der Waals surface area contributed by atoms with Crippen LogP contribution in [0.1, 0.15) is 26.7 Å². The maximum atomic E-state index is 12.7. The molecule has 0 saturated carbocycles. The Labute approximate surface area is 122 Å². The van der Waals surface area contributed by atoms with Gasteiger partial charge in [0.1, 0.15) is 10.7 Å². The van der Waals surface area contributed by atoms with Crippen molar-refractivity contribution in [2.75, 3.05) is 18.4 Å². The van der Waals surface area contributed by atoms with E-state index in [1.165, 1.54) is 0 Å². The van der Waals surface area contributed by atoms with Gasteiger partial charge in [0.25, 0.3) is 0 Å². The maximum Gasteiger partial charge on any atom is 0.247 e. The fourth-order valence-electron chi connectivity index (χ4n) is 2.31. The van der Waals surface area contributed by atoms with Crippen LogP contribution in [0.4, 0.5) is 5.82 Å². The van der Waals surface area contributed by atoms with Crippen LogP contribution in [0, 0.1) is 0 Å². The van der Waals surface area contributed by atoms with Crippen LogP contribution < -0.4 is 5.32 Å². The number of nitrogens with zero attached hydrogens (tertiary/aromatic N) is 2. The Balaban J connectivity index is 2.47. The molecule has 1 aromatic rings. The zero-order valence-electron chi connectivity index (χ0n) is 11.1. The second kappa shape index (κ2) is 5.76. The van der Waals surface area contributed by atoms with Crippen molar-refractivity contribution in [1.29, 1.82) is 0 Å². The van der Waals surface area contributed by atoms with Crippen molar-refractivity contribution in [3.05, 3.63) is 16.7 Å². The van der Waals surface area contributed by atoms with E-state index in [0.29, 0.717) is 23.4 Å². The van der Waals surface area contributed by atoms with Crippen LogP contribution in [0.3, 0.4) is 0 Å². The summed E-state index contributed by atoms with van der Waals surface area (Å²) in [5.41, 5.74) is 0. The third-order valence-corrected chi connectivity index (χ3v) is 5.70. The van der Waals surface area contributed by atoms with Crippen molar-refractivity contribution < 1.29 is 8.42 Å². The van der Waals surface area contributed by atoms with E-state index in [4.69, 9.17) is 0 Å². The minimum atomic E-state index is -3.48. The lowest BCUT2D eigenvalue weighted by Gasteiger charge is -2.22. The third-order valence-electron chi connectivity index (χ3n) is 3.24. The molecule has 0 aromatic carbocycles. The lowest BCUT2D eigenvalue weighted by molar-refractivity contribution is 0.408. The van der Waals surface area contributed by atoms with Crippen LogP contribution >= 0.6 is 15.9 Å². The van der Waals surface area contributed by atoms with Gasteiger partial charge in [0.2, 0.25) is 10.0 Å². The number of pyridine rings is 1. The molecule has 0 radical (unpaired) electrons. The molecule has 1 N–H and O–H groups in total. The Morgan fingerprint density at radius 3 is 2.89 bits per heavy atom. The third kappa shape index (κ3) is 2.93. The molecule has 5 nitrogen and oxygen atoms in total. The predicted octanol–water partition coefficient (Wildman–Crippen LogP) is 2.45. The van der Waals surface area contributed by atoms with E-state index >= 15 is 0 Å². The van der Waals surface area contributed by atoms with Gasteiger partial charge in [-0.2, -0.15) is 4.31 Å². The van der Waals surface area contributed by atoms with Crippen LogP contribution in [0.15, 0.2) is 21.6 Å². The molecule has 1 aliphatic rings. The number of hydrogen-bond donors (Lipinski definition) is 1. The van der Waals surface area contributed by atoms with Gasteiger partial charge in [0, 0.05) is 29.8 Å². The zero-order valence-corrected chi connectivity index (χ0v) is 13.5. The molecule has 0 spiro atoms. The molecule has 106 valence electrons. The summed E-state index contributed by atoms with van der Waals surface area (Å²) in [4.78, 5) is 4.41. The Kier molecular flexibility index (Phi) is 4.47. The molecule has 19 heavy (non-hydrogen) atoms. The monoisotopic (exact) mass is 347 g/mol. The largest absolute Gasteiger partial charge is 0.369 e. The minimum absolute atomic E-state index is 0.0541. The van der Waals surface area contributed by atoms with E-state index in [1.54, 1.807) is 16.6 Å². The summed E-state index contributed by atoms with van der Waals surface area (Å²) in [5, 5.41) is 3.01. The molecule has 0 aliphatic carbocycles. The van der Waals surface area contributed by atoms with E-state index in [-0.39, 0.29) is 10.9 Å². The van der Waals surface area contributed by atoms with Crippen LogP contribution in [0.2, 0.25) is 0 Å². The number of rotatable bonds is 4. The van der Waals surface area contributed by atoms with Crippen molar-refractivity contribution in [3.63, 3.8) is 0 Å². The van der Waals surface area contributed by atoms with Gasteiger partial charge in [-0.05, 0) is 48.7 Å². The first kappa shape index (κ1) is 14.7. The molecular weight excluding hydrogens is 330 g/mol. The Bertz CT molecular complexity index is 562. The Morgan fingerprint density at radius 2 is 2.32 bits per heavy atom. The number of aromatic nitrogens is 1. The maximum absolute atomic E-state index is 12.7. The normalized spacial score (nSPS) is 20.7. The predicted molar refractivity (Wildman–Crippen MR) is 78.7 cm³/mol. The zero-order chi connectivity index (χ0) is 14.0. The molecule has 2 rings (SSSR count). The summed E-state index contributed by atoms with van der Waals surface area (Å²) in [6.07, 6.45) is 3.43. The summed E-state index contributed by atoms with van der Waals surface area (Å²) < 4.78 is 27.7. The highest BCUT2D eigenvalue weighted by Crippen LogP contribution is 2.30. The highest BCUT2D eigenvalue weighted by atomic mass is 79.9. The molecule has 1 aliphatic heterocycles. The van der Waals surface area contributed by atoms with E-state index in [1.807, 2.05) is 13.8 Å². The molecule has 1 saturated heterocycles. The van der Waals surface area contributed by atoms with Gasteiger partial charge in [-0.3, -0.25) is 0 Å². The van der Waals surface area contributed by atoms with Crippen LogP contribution in [-0.4, -0.2) is 36.8 Å². The molecule has 1 fully saturated rings. The Morgan fingerprint density at radius 1 is 1.58 bits per heavy atom. The van der Waals surface area contributed by atoms with Gasteiger partial charge in [-0.15, -0.1) is 0 Å². The van der Waals surface area contributed by atoms with E-state index < -0.39 is 10.0 Å². The van der Waals surface area contributed by atoms with Crippen molar-refractivity contribution >= 4 is 31.8 Å². The molecule has 0 bridgehead atoms. The number of halogens is 1. The van der Waals surface area contributed by atoms with Gasteiger partial charge in [0.15, 0.2) is 0 Å². The highest BCUT2D eigenvalue weighted by Gasteiger charge is 2.34. The van der Waals surface area contributed by atoms with E-state index in [2.05, 4.69) is 26.2 Å². The standard InChI is InChI=1S/C12H18BrN3O2S/c1-3-14-12-11(7-10(13)8-15-12)19(17,18)16-6-4-5-9(16)2/h7-9H,3-6H2,1-2H3,(H,14,15). The average Bonchev–Trinajstić information content (AvgIpc) is 2.78. The quantitative estimate of drug-likeness (QED) is 0.908. The number of hydrogen-bond acceptors (Lipinski definition) is 4. The summed E-state index contributed by atoms with van der Waals surface area (Å²) in [5.74, 6) is 0.421. The highest BCUT2D eigenvalue weighted by molar-refractivity contribution is 9.10. The first-order valence-electron chi connectivity index (χ1n) is 6.38.